The van der Waals surface area contributed by atoms with Gasteiger partial charge in [0.25, 0.3) is 0 Å². The van der Waals surface area contributed by atoms with Crippen LogP contribution in [0.3, 0.4) is 0 Å². The zero-order chi connectivity index (χ0) is 16.0. The quantitative estimate of drug-likeness (QED) is 0.885. The minimum absolute atomic E-state index is 0.0626. The molecule has 3 rings (SSSR count). The van der Waals surface area contributed by atoms with Crippen molar-refractivity contribution in [1.29, 1.82) is 0 Å². The van der Waals surface area contributed by atoms with Gasteiger partial charge in [0, 0.05) is 11.9 Å². The summed E-state index contributed by atoms with van der Waals surface area (Å²) in [6, 6.07) is 10.6. The number of aryl methyl sites for hydroxylation is 1. The van der Waals surface area contributed by atoms with E-state index in [0.29, 0.717) is 18.2 Å². The Morgan fingerprint density at radius 3 is 2.41 bits per heavy atom. The molecule has 0 radical (unpaired) electrons. The number of hydrogen-bond acceptors (Lipinski definition) is 3. The van der Waals surface area contributed by atoms with Gasteiger partial charge in [-0.05, 0) is 36.8 Å². The van der Waals surface area contributed by atoms with Crippen LogP contribution in [-0.4, -0.2) is 26.0 Å². The Labute approximate surface area is 129 Å². The van der Waals surface area contributed by atoms with E-state index < -0.39 is 21.4 Å². The fraction of sp³-hybridized carbons (Fsp3) is 0.312. The van der Waals surface area contributed by atoms with Gasteiger partial charge < -0.3 is 5.11 Å². The Morgan fingerprint density at radius 1 is 1.18 bits per heavy atom. The smallest absolute Gasteiger partial charge is 0.310 e. The Kier molecular flexibility index (Phi) is 3.45. The number of aliphatic carboxylic acids is 1. The van der Waals surface area contributed by atoms with E-state index in [2.05, 4.69) is 4.72 Å². The van der Waals surface area contributed by atoms with E-state index >= 15 is 0 Å². The average Bonchev–Trinajstić information content (AvgIpc) is 3.27. The number of carbonyl (C=O) groups is 1. The van der Waals surface area contributed by atoms with Gasteiger partial charge in [0.05, 0.1) is 10.3 Å². The Balaban J connectivity index is 1.96. The van der Waals surface area contributed by atoms with Gasteiger partial charge in [-0.1, -0.05) is 30.3 Å². The van der Waals surface area contributed by atoms with E-state index in [9.17, 15) is 13.2 Å². The molecule has 5 nitrogen and oxygen atoms in total. The number of sulfonamides is 1. The predicted molar refractivity (Wildman–Crippen MR) is 83.2 cm³/mol. The van der Waals surface area contributed by atoms with Gasteiger partial charge in [0.15, 0.2) is 0 Å². The highest BCUT2D eigenvalue weighted by Gasteiger charge is 2.50. The Hall–Kier alpha value is -1.92. The van der Waals surface area contributed by atoms with E-state index in [0.717, 1.165) is 10.9 Å². The maximum Gasteiger partial charge on any atom is 0.310 e. The van der Waals surface area contributed by atoms with Crippen LogP contribution in [0.25, 0.3) is 10.8 Å². The van der Waals surface area contributed by atoms with Crippen molar-refractivity contribution in [1.82, 2.24) is 4.72 Å². The zero-order valence-electron chi connectivity index (χ0n) is 12.2. The van der Waals surface area contributed by atoms with Crippen LogP contribution in [-0.2, 0) is 14.8 Å². The van der Waals surface area contributed by atoms with Crippen LogP contribution in [0.2, 0.25) is 0 Å². The number of benzene rings is 2. The molecule has 116 valence electrons. The number of hydrogen-bond donors (Lipinski definition) is 2. The molecule has 2 N–H and O–H groups in total. The zero-order valence-corrected chi connectivity index (χ0v) is 13.0. The van der Waals surface area contributed by atoms with Crippen molar-refractivity contribution in [3.63, 3.8) is 0 Å². The topological polar surface area (TPSA) is 83.5 Å². The number of carboxylic acids is 1. The van der Waals surface area contributed by atoms with Crippen LogP contribution in [0, 0.1) is 12.3 Å². The molecule has 0 bridgehead atoms. The summed E-state index contributed by atoms with van der Waals surface area (Å²) in [5.41, 5.74) is 0.0758. The highest BCUT2D eigenvalue weighted by molar-refractivity contribution is 7.89. The fourth-order valence-electron chi connectivity index (χ4n) is 2.58. The summed E-state index contributed by atoms with van der Waals surface area (Å²) in [7, 11) is -3.74. The minimum Gasteiger partial charge on any atom is -0.481 e. The summed E-state index contributed by atoms with van der Waals surface area (Å²) in [5.74, 6) is -0.941. The average molecular weight is 319 g/mol. The standard InChI is InChI=1S/C16H17NO4S/c1-11-6-7-14(13-5-3-2-4-12(11)13)22(20,21)17-10-16(8-9-16)15(18)19/h2-7,17H,8-10H2,1H3,(H,18,19). The number of nitrogens with one attached hydrogen (secondary N) is 1. The normalized spacial score (nSPS) is 16.6. The molecule has 22 heavy (non-hydrogen) atoms. The number of rotatable bonds is 5. The molecule has 1 fully saturated rings. The summed E-state index contributed by atoms with van der Waals surface area (Å²) in [5, 5.41) is 10.7. The molecule has 2 aromatic rings. The van der Waals surface area contributed by atoms with Crippen molar-refractivity contribution < 1.29 is 18.3 Å². The van der Waals surface area contributed by atoms with Crippen LogP contribution in [0.4, 0.5) is 0 Å². The van der Waals surface area contributed by atoms with E-state index in [1.54, 1.807) is 24.3 Å². The molecule has 2 aromatic carbocycles. The summed E-state index contributed by atoms with van der Waals surface area (Å²) >= 11 is 0. The van der Waals surface area contributed by atoms with E-state index in [-0.39, 0.29) is 11.4 Å². The summed E-state index contributed by atoms with van der Waals surface area (Å²) in [6.07, 6.45) is 1.03. The van der Waals surface area contributed by atoms with Gasteiger partial charge in [-0.15, -0.1) is 0 Å². The summed E-state index contributed by atoms with van der Waals surface area (Å²) < 4.78 is 27.6. The molecule has 1 aliphatic carbocycles. The number of fused-ring (bicyclic) bond motifs is 1. The first-order chi connectivity index (χ1) is 10.4. The highest BCUT2D eigenvalue weighted by atomic mass is 32.2. The third-order valence-corrected chi connectivity index (χ3v) is 5.76. The maximum atomic E-state index is 12.6. The van der Waals surface area contributed by atoms with Gasteiger partial charge in [0.1, 0.15) is 0 Å². The van der Waals surface area contributed by atoms with Gasteiger partial charge in [-0.3, -0.25) is 4.79 Å². The monoisotopic (exact) mass is 319 g/mol. The molecular formula is C16H17NO4S. The van der Waals surface area contributed by atoms with Crippen molar-refractivity contribution in [3.05, 3.63) is 42.0 Å². The maximum absolute atomic E-state index is 12.6. The second-order valence-electron chi connectivity index (χ2n) is 5.84. The lowest BCUT2D eigenvalue weighted by molar-refractivity contribution is -0.143. The fourth-order valence-corrected chi connectivity index (χ4v) is 3.92. The highest BCUT2D eigenvalue weighted by Crippen LogP contribution is 2.45. The van der Waals surface area contributed by atoms with Crippen molar-refractivity contribution >= 4 is 26.8 Å². The van der Waals surface area contributed by atoms with Gasteiger partial charge >= 0.3 is 5.97 Å². The van der Waals surface area contributed by atoms with Crippen molar-refractivity contribution in [3.8, 4) is 0 Å². The van der Waals surface area contributed by atoms with E-state index in [1.165, 1.54) is 0 Å². The molecular weight excluding hydrogens is 302 g/mol. The second kappa shape index (κ2) is 5.07. The third kappa shape index (κ3) is 2.48. The minimum atomic E-state index is -3.74. The van der Waals surface area contributed by atoms with E-state index in [1.807, 2.05) is 19.1 Å². The molecule has 6 heteroatoms. The molecule has 0 spiro atoms. The van der Waals surface area contributed by atoms with Crippen molar-refractivity contribution in [2.24, 2.45) is 5.41 Å². The molecule has 0 aliphatic heterocycles. The molecule has 0 aromatic heterocycles. The molecule has 0 heterocycles. The van der Waals surface area contributed by atoms with E-state index in [4.69, 9.17) is 5.11 Å². The van der Waals surface area contributed by atoms with Crippen LogP contribution >= 0.6 is 0 Å². The van der Waals surface area contributed by atoms with Crippen molar-refractivity contribution in [2.45, 2.75) is 24.7 Å². The first kappa shape index (κ1) is 15.0. The molecule has 0 saturated heterocycles. The number of carboxylic acid groups (broad SMARTS) is 1. The first-order valence-corrected chi connectivity index (χ1v) is 8.55. The summed E-state index contributed by atoms with van der Waals surface area (Å²) in [6.45, 7) is 1.86. The lowest BCUT2D eigenvalue weighted by atomic mass is 10.1. The van der Waals surface area contributed by atoms with Crippen molar-refractivity contribution in [2.75, 3.05) is 6.54 Å². The van der Waals surface area contributed by atoms with Crippen LogP contribution in [0.5, 0.6) is 0 Å². The molecule has 0 atom stereocenters. The lowest BCUT2D eigenvalue weighted by Crippen LogP contribution is -2.34. The SMILES string of the molecule is Cc1ccc(S(=O)(=O)NCC2(C(=O)O)CC2)c2ccccc12. The van der Waals surface area contributed by atoms with Gasteiger partial charge in [0.2, 0.25) is 10.0 Å². The first-order valence-electron chi connectivity index (χ1n) is 7.07. The largest absolute Gasteiger partial charge is 0.481 e. The van der Waals surface area contributed by atoms with Crippen LogP contribution in [0.1, 0.15) is 18.4 Å². The van der Waals surface area contributed by atoms with Crippen LogP contribution in [0.15, 0.2) is 41.3 Å². The van der Waals surface area contributed by atoms with Crippen LogP contribution < -0.4 is 4.72 Å². The lowest BCUT2D eigenvalue weighted by Gasteiger charge is -2.14. The molecule has 0 unspecified atom stereocenters. The predicted octanol–water partition coefficient (Wildman–Crippen LogP) is 2.29. The molecule has 1 saturated carbocycles. The Morgan fingerprint density at radius 2 is 1.82 bits per heavy atom. The second-order valence-corrected chi connectivity index (χ2v) is 7.57. The van der Waals surface area contributed by atoms with Gasteiger partial charge in [-0.2, -0.15) is 0 Å². The molecule has 0 amide bonds. The van der Waals surface area contributed by atoms with Gasteiger partial charge in [-0.25, -0.2) is 13.1 Å². The third-order valence-electron chi connectivity index (χ3n) is 4.30. The molecule has 1 aliphatic rings. The Bertz CT molecular complexity index is 854. The summed E-state index contributed by atoms with van der Waals surface area (Å²) in [4.78, 5) is 11.3.